The molecular weight excluding hydrogens is 606 g/mol. The standard InChI is InChI=1S/C40H75NO7/c1-6-8-10-12-13-14-15-16-17-18-19-20-21-22-23-24-25-27-29-31-39(43)48-36(35-47-38(42)30-28-26-11-9-7-2)34-46-33-32-37(40(44)45)41(3,4)5/h16-17,36-37H,6-15,18-35H2,1-5H3/p+1/b17-16-. The number of unbranched alkanes of at least 4 members (excludes halogenated alkanes) is 19. The molecule has 0 aromatic rings. The molecule has 0 aliphatic carbocycles. The first-order valence-electron chi connectivity index (χ1n) is 19.7. The first-order valence-corrected chi connectivity index (χ1v) is 19.7. The number of hydrogen-bond acceptors (Lipinski definition) is 6. The Bertz CT molecular complexity index is 808. The Morgan fingerprint density at radius 2 is 1.04 bits per heavy atom. The molecule has 282 valence electrons. The number of nitrogens with zero attached hydrogens (tertiary/aromatic N) is 1. The SMILES string of the molecule is CCCCCCCC/C=C\CCCCCCCCCCCC(=O)OC(COCCC(C(=O)O)[N+](C)(C)C)COC(=O)CCCCCCC. The molecule has 2 atom stereocenters. The molecule has 0 aromatic heterocycles. The van der Waals surface area contributed by atoms with Gasteiger partial charge in [-0.25, -0.2) is 4.79 Å². The molecular formula is C40H76NO7+. The summed E-state index contributed by atoms with van der Waals surface area (Å²) < 4.78 is 17.1. The first-order chi connectivity index (χ1) is 23.1. The molecule has 8 nitrogen and oxygen atoms in total. The Kier molecular flexibility index (Phi) is 31.0. The van der Waals surface area contributed by atoms with Gasteiger partial charge in [0, 0.05) is 19.3 Å². The molecule has 0 fully saturated rings. The topological polar surface area (TPSA) is 99.1 Å². The molecule has 0 saturated carbocycles. The van der Waals surface area contributed by atoms with Crippen molar-refractivity contribution in [1.29, 1.82) is 0 Å². The Balaban J connectivity index is 4.19. The van der Waals surface area contributed by atoms with Crippen LogP contribution in [0.2, 0.25) is 0 Å². The fourth-order valence-corrected chi connectivity index (χ4v) is 5.79. The van der Waals surface area contributed by atoms with Gasteiger partial charge in [-0.05, 0) is 38.5 Å². The van der Waals surface area contributed by atoms with Crippen LogP contribution < -0.4 is 0 Å². The van der Waals surface area contributed by atoms with E-state index in [1.165, 1.54) is 96.3 Å². The van der Waals surface area contributed by atoms with Gasteiger partial charge in [0.1, 0.15) is 6.61 Å². The molecule has 0 bridgehead atoms. The summed E-state index contributed by atoms with van der Waals surface area (Å²) in [6, 6.07) is -0.608. The van der Waals surface area contributed by atoms with Gasteiger partial charge in [0.15, 0.2) is 12.1 Å². The number of hydrogen-bond donors (Lipinski definition) is 1. The van der Waals surface area contributed by atoms with E-state index in [4.69, 9.17) is 14.2 Å². The van der Waals surface area contributed by atoms with Crippen LogP contribution in [0.15, 0.2) is 12.2 Å². The van der Waals surface area contributed by atoms with Crippen molar-refractivity contribution in [2.75, 3.05) is 41.0 Å². The van der Waals surface area contributed by atoms with Crippen molar-refractivity contribution in [3.05, 3.63) is 12.2 Å². The molecule has 0 amide bonds. The normalized spacial score (nSPS) is 13.1. The van der Waals surface area contributed by atoms with E-state index in [-0.39, 0.29) is 36.2 Å². The Morgan fingerprint density at radius 3 is 1.50 bits per heavy atom. The van der Waals surface area contributed by atoms with Gasteiger partial charge in [-0.2, -0.15) is 0 Å². The van der Waals surface area contributed by atoms with Crippen molar-refractivity contribution in [2.24, 2.45) is 0 Å². The van der Waals surface area contributed by atoms with Crippen LogP contribution in [0.3, 0.4) is 0 Å². The molecule has 1 N–H and O–H groups in total. The second-order valence-corrected chi connectivity index (χ2v) is 14.5. The van der Waals surface area contributed by atoms with Crippen LogP contribution in [0.4, 0.5) is 0 Å². The summed E-state index contributed by atoms with van der Waals surface area (Å²) in [6.45, 7) is 4.65. The highest BCUT2D eigenvalue weighted by Crippen LogP contribution is 2.14. The van der Waals surface area contributed by atoms with E-state index in [0.717, 1.165) is 44.9 Å². The van der Waals surface area contributed by atoms with Crippen molar-refractivity contribution < 1.29 is 38.2 Å². The van der Waals surface area contributed by atoms with Gasteiger partial charge in [0.25, 0.3) is 0 Å². The summed E-state index contributed by atoms with van der Waals surface area (Å²) in [7, 11) is 5.51. The van der Waals surface area contributed by atoms with E-state index in [1.807, 2.05) is 21.1 Å². The lowest BCUT2D eigenvalue weighted by molar-refractivity contribution is -0.887. The maximum atomic E-state index is 12.6. The Labute approximate surface area is 295 Å². The van der Waals surface area contributed by atoms with E-state index >= 15 is 0 Å². The number of carboxylic acid groups (broad SMARTS) is 1. The van der Waals surface area contributed by atoms with Crippen LogP contribution in [0.25, 0.3) is 0 Å². The van der Waals surface area contributed by atoms with E-state index < -0.39 is 18.1 Å². The number of quaternary nitrogens is 1. The average molecular weight is 683 g/mol. The smallest absolute Gasteiger partial charge is 0.362 e. The second-order valence-electron chi connectivity index (χ2n) is 14.5. The van der Waals surface area contributed by atoms with Crippen LogP contribution in [0.5, 0.6) is 0 Å². The predicted molar refractivity (Wildman–Crippen MR) is 197 cm³/mol. The van der Waals surface area contributed by atoms with Gasteiger partial charge >= 0.3 is 17.9 Å². The lowest BCUT2D eigenvalue weighted by Crippen LogP contribution is -2.50. The molecule has 0 rings (SSSR count). The minimum atomic E-state index is -0.876. The summed E-state index contributed by atoms with van der Waals surface area (Å²) in [6.07, 6.45) is 31.4. The zero-order valence-electron chi connectivity index (χ0n) is 32.0. The molecule has 0 saturated heterocycles. The third-order valence-corrected chi connectivity index (χ3v) is 8.91. The quantitative estimate of drug-likeness (QED) is 0.0307. The van der Waals surface area contributed by atoms with E-state index in [1.54, 1.807) is 0 Å². The van der Waals surface area contributed by atoms with Crippen LogP contribution in [0.1, 0.15) is 174 Å². The summed E-state index contributed by atoms with van der Waals surface area (Å²) >= 11 is 0. The van der Waals surface area contributed by atoms with Gasteiger partial charge in [0.05, 0.1) is 34.4 Å². The molecule has 0 heterocycles. The Hall–Kier alpha value is -1.93. The number of likely N-dealkylation sites (N-methyl/N-ethyl adjacent to an activating group) is 1. The molecule has 48 heavy (non-hydrogen) atoms. The fraction of sp³-hybridized carbons (Fsp3) is 0.875. The molecule has 0 aliphatic heterocycles. The number of esters is 2. The highest BCUT2D eigenvalue weighted by atomic mass is 16.6. The Morgan fingerprint density at radius 1 is 0.604 bits per heavy atom. The highest BCUT2D eigenvalue weighted by molar-refractivity contribution is 5.72. The summed E-state index contributed by atoms with van der Waals surface area (Å²) in [5.41, 5.74) is 0. The number of aliphatic carboxylic acids is 1. The van der Waals surface area contributed by atoms with Gasteiger partial charge < -0.3 is 23.8 Å². The third-order valence-electron chi connectivity index (χ3n) is 8.91. The fourth-order valence-electron chi connectivity index (χ4n) is 5.79. The van der Waals surface area contributed by atoms with Crippen LogP contribution in [-0.4, -0.2) is 80.6 Å². The summed E-state index contributed by atoms with van der Waals surface area (Å²) in [5, 5.41) is 9.55. The lowest BCUT2D eigenvalue weighted by atomic mass is 10.1. The zero-order valence-corrected chi connectivity index (χ0v) is 32.0. The molecule has 0 aliphatic rings. The van der Waals surface area contributed by atoms with Gasteiger partial charge in [0.2, 0.25) is 0 Å². The summed E-state index contributed by atoms with van der Waals surface area (Å²) in [5.74, 6) is -1.48. The second kappa shape index (κ2) is 32.3. The first kappa shape index (κ1) is 46.1. The number of ether oxygens (including phenoxy) is 3. The van der Waals surface area contributed by atoms with Gasteiger partial charge in [-0.15, -0.1) is 0 Å². The highest BCUT2D eigenvalue weighted by Gasteiger charge is 2.31. The molecule has 0 spiro atoms. The molecule has 0 aromatic carbocycles. The predicted octanol–water partition coefficient (Wildman–Crippen LogP) is 9.97. The summed E-state index contributed by atoms with van der Waals surface area (Å²) in [4.78, 5) is 36.5. The number of allylic oxidation sites excluding steroid dienone is 2. The lowest BCUT2D eigenvalue weighted by Gasteiger charge is -2.31. The number of carbonyl (C=O) groups excluding carboxylic acids is 2. The maximum absolute atomic E-state index is 12.6. The van der Waals surface area contributed by atoms with E-state index in [2.05, 4.69) is 26.0 Å². The van der Waals surface area contributed by atoms with E-state index in [0.29, 0.717) is 19.3 Å². The van der Waals surface area contributed by atoms with Crippen LogP contribution >= 0.6 is 0 Å². The largest absolute Gasteiger partial charge is 0.477 e. The number of carboxylic acids is 1. The maximum Gasteiger partial charge on any atom is 0.362 e. The van der Waals surface area contributed by atoms with Crippen molar-refractivity contribution in [2.45, 2.75) is 187 Å². The van der Waals surface area contributed by atoms with Crippen molar-refractivity contribution in [1.82, 2.24) is 0 Å². The van der Waals surface area contributed by atoms with Crippen molar-refractivity contribution >= 4 is 17.9 Å². The molecule has 8 heteroatoms. The molecule has 2 unspecified atom stereocenters. The van der Waals surface area contributed by atoms with Crippen LogP contribution in [0, 0.1) is 0 Å². The van der Waals surface area contributed by atoms with Crippen molar-refractivity contribution in [3.63, 3.8) is 0 Å². The van der Waals surface area contributed by atoms with Gasteiger partial charge in [-0.3, -0.25) is 9.59 Å². The van der Waals surface area contributed by atoms with Crippen molar-refractivity contribution in [3.8, 4) is 0 Å². The average Bonchev–Trinajstić information content (AvgIpc) is 3.03. The molecule has 0 radical (unpaired) electrons. The van der Waals surface area contributed by atoms with Crippen LogP contribution in [-0.2, 0) is 28.6 Å². The number of carbonyl (C=O) groups is 3. The minimum Gasteiger partial charge on any atom is -0.477 e. The van der Waals surface area contributed by atoms with Gasteiger partial charge in [-0.1, -0.05) is 129 Å². The van der Waals surface area contributed by atoms with E-state index in [9.17, 15) is 19.5 Å². The third kappa shape index (κ3) is 30.2. The zero-order chi connectivity index (χ0) is 35.7. The monoisotopic (exact) mass is 683 g/mol. The number of rotatable bonds is 35. The minimum absolute atomic E-state index is 0.0489.